The average Bonchev–Trinajstić information content (AvgIpc) is 3.13. The second-order valence-electron chi connectivity index (χ2n) is 8.56. The van der Waals surface area contributed by atoms with Gasteiger partial charge < -0.3 is 19.4 Å². The summed E-state index contributed by atoms with van der Waals surface area (Å²) in [7, 11) is 1.64. The third-order valence-corrected chi connectivity index (χ3v) is 4.82. The fourth-order valence-corrected chi connectivity index (χ4v) is 3.35. The highest BCUT2D eigenvalue weighted by molar-refractivity contribution is 5.74. The molecule has 2 aromatic rings. The Hall–Kier alpha value is -2.57. The zero-order valence-corrected chi connectivity index (χ0v) is 17.2. The lowest BCUT2D eigenvalue weighted by atomic mass is 9.92. The van der Waals surface area contributed by atoms with E-state index in [1.165, 1.54) is 0 Å². The standard InChI is InChI=1S/C21H30N4O3/c1-21(2,3)12-18-23-24-19(28-18)16-6-5-11-25(14-16)20(26)22-13-15-7-9-17(27-4)10-8-15/h7-10,16H,5-6,11-14H2,1-4H3,(H,22,26). The molecule has 0 saturated carbocycles. The van der Waals surface area contributed by atoms with Crippen molar-refractivity contribution in [3.8, 4) is 5.75 Å². The quantitative estimate of drug-likeness (QED) is 0.846. The summed E-state index contributed by atoms with van der Waals surface area (Å²) in [4.78, 5) is 14.4. The number of carbonyl (C=O) groups excluding carboxylic acids is 1. The van der Waals surface area contributed by atoms with Gasteiger partial charge in [0.25, 0.3) is 0 Å². The number of nitrogens with zero attached hydrogens (tertiary/aromatic N) is 3. The first-order chi connectivity index (χ1) is 13.3. The summed E-state index contributed by atoms with van der Waals surface area (Å²) in [6.45, 7) is 8.27. The average molecular weight is 386 g/mol. The van der Waals surface area contributed by atoms with Crippen LogP contribution in [0, 0.1) is 5.41 Å². The summed E-state index contributed by atoms with van der Waals surface area (Å²) >= 11 is 0. The predicted octanol–water partition coefficient (Wildman–Crippen LogP) is 3.76. The van der Waals surface area contributed by atoms with Crippen LogP contribution in [0.3, 0.4) is 0 Å². The van der Waals surface area contributed by atoms with Crippen LogP contribution in [-0.2, 0) is 13.0 Å². The molecule has 1 saturated heterocycles. The molecule has 152 valence electrons. The number of aromatic nitrogens is 2. The van der Waals surface area contributed by atoms with Crippen molar-refractivity contribution in [3.63, 3.8) is 0 Å². The Bertz CT molecular complexity index is 780. The Morgan fingerprint density at radius 1 is 1.29 bits per heavy atom. The molecule has 1 aromatic heterocycles. The van der Waals surface area contributed by atoms with Gasteiger partial charge in [-0.05, 0) is 36.0 Å². The van der Waals surface area contributed by atoms with E-state index >= 15 is 0 Å². The van der Waals surface area contributed by atoms with Crippen LogP contribution in [0.1, 0.15) is 56.9 Å². The number of amides is 2. The van der Waals surface area contributed by atoms with Crippen molar-refractivity contribution in [1.29, 1.82) is 0 Å². The minimum atomic E-state index is -0.0602. The highest BCUT2D eigenvalue weighted by Crippen LogP contribution is 2.27. The van der Waals surface area contributed by atoms with Crippen LogP contribution < -0.4 is 10.1 Å². The SMILES string of the molecule is COc1ccc(CNC(=O)N2CCCC(c3nnc(CC(C)(C)C)o3)C2)cc1. The Kier molecular flexibility index (Phi) is 6.21. The van der Waals surface area contributed by atoms with Gasteiger partial charge in [0, 0.05) is 26.1 Å². The summed E-state index contributed by atoms with van der Waals surface area (Å²) in [6.07, 6.45) is 2.63. The number of likely N-dealkylation sites (tertiary alicyclic amines) is 1. The molecule has 1 aromatic carbocycles. The molecule has 1 atom stereocenters. The number of hydrogen-bond acceptors (Lipinski definition) is 5. The third kappa shape index (κ3) is 5.47. The first-order valence-corrected chi connectivity index (χ1v) is 9.82. The smallest absolute Gasteiger partial charge is 0.317 e. The number of urea groups is 1. The number of benzene rings is 1. The minimum Gasteiger partial charge on any atom is -0.497 e. The molecule has 2 amide bonds. The van der Waals surface area contributed by atoms with E-state index in [4.69, 9.17) is 9.15 Å². The summed E-state index contributed by atoms with van der Waals surface area (Å²) < 4.78 is 11.0. The molecule has 1 fully saturated rings. The minimum absolute atomic E-state index is 0.0602. The van der Waals surface area contributed by atoms with E-state index in [0.29, 0.717) is 24.9 Å². The van der Waals surface area contributed by atoms with Crippen molar-refractivity contribution in [2.75, 3.05) is 20.2 Å². The van der Waals surface area contributed by atoms with Crippen molar-refractivity contribution in [3.05, 3.63) is 41.6 Å². The van der Waals surface area contributed by atoms with Gasteiger partial charge in [0.05, 0.1) is 13.0 Å². The van der Waals surface area contributed by atoms with Crippen molar-refractivity contribution < 1.29 is 13.9 Å². The van der Waals surface area contributed by atoms with E-state index in [9.17, 15) is 4.79 Å². The van der Waals surface area contributed by atoms with Crippen LogP contribution in [0.15, 0.2) is 28.7 Å². The van der Waals surface area contributed by atoms with E-state index < -0.39 is 0 Å². The highest BCUT2D eigenvalue weighted by atomic mass is 16.5. The Morgan fingerprint density at radius 3 is 2.71 bits per heavy atom. The number of carbonyl (C=O) groups is 1. The van der Waals surface area contributed by atoms with Gasteiger partial charge in [-0.15, -0.1) is 10.2 Å². The number of nitrogens with one attached hydrogen (secondary N) is 1. The van der Waals surface area contributed by atoms with Crippen molar-refractivity contribution >= 4 is 6.03 Å². The zero-order chi connectivity index (χ0) is 20.1. The van der Waals surface area contributed by atoms with Crippen LogP contribution in [0.4, 0.5) is 4.79 Å². The molecular weight excluding hydrogens is 356 g/mol. The monoisotopic (exact) mass is 386 g/mol. The normalized spacial score (nSPS) is 17.4. The van der Waals surface area contributed by atoms with Crippen LogP contribution in [0.25, 0.3) is 0 Å². The second-order valence-corrected chi connectivity index (χ2v) is 8.56. The Labute approximate surface area is 166 Å². The molecule has 1 aliphatic heterocycles. The van der Waals surface area contributed by atoms with E-state index in [0.717, 1.165) is 37.1 Å². The molecule has 3 rings (SSSR count). The molecule has 0 bridgehead atoms. The second kappa shape index (κ2) is 8.63. The van der Waals surface area contributed by atoms with Crippen molar-refractivity contribution in [2.24, 2.45) is 5.41 Å². The van der Waals surface area contributed by atoms with Crippen LogP contribution in [-0.4, -0.2) is 41.3 Å². The van der Waals surface area contributed by atoms with Gasteiger partial charge in [-0.2, -0.15) is 0 Å². The van der Waals surface area contributed by atoms with Gasteiger partial charge in [0.15, 0.2) is 0 Å². The molecule has 0 spiro atoms. The molecule has 1 N–H and O–H groups in total. The number of ether oxygens (including phenoxy) is 1. The van der Waals surface area contributed by atoms with E-state index in [1.54, 1.807) is 7.11 Å². The number of hydrogen-bond donors (Lipinski definition) is 1. The summed E-state index contributed by atoms with van der Waals surface area (Å²) in [6, 6.07) is 7.63. The molecule has 0 aliphatic carbocycles. The van der Waals surface area contributed by atoms with Gasteiger partial charge >= 0.3 is 6.03 Å². The highest BCUT2D eigenvalue weighted by Gasteiger charge is 2.29. The zero-order valence-electron chi connectivity index (χ0n) is 17.2. The lowest BCUT2D eigenvalue weighted by Crippen LogP contribution is -2.44. The topological polar surface area (TPSA) is 80.5 Å². The summed E-state index contributed by atoms with van der Waals surface area (Å²) in [5, 5.41) is 11.4. The molecule has 7 nitrogen and oxygen atoms in total. The predicted molar refractivity (Wildman–Crippen MR) is 106 cm³/mol. The molecule has 1 unspecified atom stereocenters. The number of methoxy groups -OCH3 is 1. The summed E-state index contributed by atoms with van der Waals surface area (Å²) in [5.41, 5.74) is 1.13. The van der Waals surface area contributed by atoms with E-state index in [-0.39, 0.29) is 17.4 Å². The Morgan fingerprint density at radius 2 is 2.04 bits per heavy atom. The maximum atomic E-state index is 12.6. The van der Waals surface area contributed by atoms with Gasteiger partial charge in [0.1, 0.15) is 5.75 Å². The van der Waals surface area contributed by atoms with Gasteiger partial charge in [-0.1, -0.05) is 32.9 Å². The molecular formula is C21H30N4O3. The largest absolute Gasteiger partial charge is 0.497 e. The maximum absolute atomic E-state index is 12.6. The third-order valence-electron chi connectivity index (χ3n) is 4.82. The Balaban J connectivity index is 1.54. The lowest BCUT2D eigenvalue weighted by Gasteiger charge is -2.31. The summed E-state index contributed by atoms with van der Waals surface area (Å²) in [5.74, 6) is 2.22. The van der Waals surface area contributed by atoms with Gasteiger partial charge in [-0.3, -0.25) is 0 Å². The fourth-order valence-electron chi connectivity index (χ4n) is 3.35. The lowest BCUT2D eigenvalue weighted by molar-refractivity contribution is 0.173. The van der Waals surface area contributed by atoms with Crippen LogP contribution >= 0.6 is 0 Å². The van der Waals surface area contributed by atoms with Gasteiger partial charge in [-0.25, -0.2) is 4.79 Å². The van der Waals surface area contributed by atoms with E-state index in [2.05, 4.69) is 36.3 Å². The van der Waals surface area contributed by atoms with Crippen LogP contribution in [0.5, 0.6) is 5.75 Å². The molecule has 0 radical (unpaired) electrons. The van der Waals surface area contributed by atoms with Gasteiger partial charge in [0.2, 0.25) is 11.8 Å². The molecule has 1 aliphatic rings. The maximum Gasteiger partial charge on any atom is 0.317 e. The molecule has 2 heterocycles. The van der Waals surface area contributed by atoms with Crippen molar-refractivity contribution in [2.45, 2.75) is 52.5 Å². The molecule has 28 heavy (non-hydrogen) atoms. The number of rotatable bonds is 5. The van der Waals surface area contributed by atoms with Crippen LogP contribution in [0.2, 0.25) is 0 Å². The fraction of sp³-hybridized carbons (Fsp3) is 0.571. The molecule has 7 heteroatoms. The first-order valence-electron chi connectivity index (χ1n) is 9.82. The number of piperidine rings is 1. The van der Waals surface area contributed by atoms with E-state index in [1.807, 2.05) is 29.2 Å². The van der Waals surface area contributed by atoms with Crippen molar-refractivity contribution in [1.82, 2.24) is 20.4 Å². The first kappa shape index (κ1) is 20.2.